The smallest absolute Gasteiger partial charge is 0.328 e. The molecule has 74 valence electrons. The highest BCUT2D eigenvalue weighted by molar-refractivity contribution is 6.27. The van der Waals surface area contributed by atoms with E-state index in [1.807, 2.05) is 0 Å². The van der Waals surface area contributed by atoms with Gasteiger partial charge in [0.05, 0.1) is 13.0 Å². The highest BCUT2D eigenvalue weighted by atomic mass is 35.5. The minimum absolute atomic E-state index is 0.00903. The molecule has 0 aromatic carbocycles. The molecule has 0 spiro atoms. The molecule has 0 rings (SSSR count). The first-order chi connectivity index (χ1) is 6.10. The Balaban J connectivity index is 3.63. The maximum Gasteiger partial charge on any atom is 0.328 e. The maximum atomic E-state index is 10.7. The van der Waals surface area contributed by atoms with Gasteiger partial charge in [0, 0.05) is 6.42 Å². The van der Waals surface area contributed by atoms with Crippen LogP contribution in [0.5, 0.6) is 0 Å². The molecule has 6 heteroatoms. The van der Waals surface area contributed by atoms with Crippen LogP contribution < -0.4 is 5.73 Å². The number of ketones is 1. The molecule has 0 aliphatic heterocycles. The Morgan fingerprint density at radius 1 is 1.15 bits per heavy atom. The highest BCUT2D eigenvalue weighted by Crippen LogP contribution is 1.95. The predicted molar refractivity (Wildman–Crippen MR) is 45.1 cm³/mol. The molecule has 0 fully saturated rings. The van der Waals surface area contributed by atoms with E-state index in [2.05, 4.69) is 4.74 Å². The highest BCUT2D eigenvalue weighted by Gasteiger charge is 2.10. The molecule has 5 nitrogen and oxygen atoms in total. The monoisotopic (exact) mass is 207 g/mol. The predicted octanol–water partition coefficient (Wildman–Crippen LogP) is -0.397. The average Bonchev–Trinajstić information content (AvgIpc) is 2.13. The van der Waals surface area contributed by atoms with E-state index in [0.717, 1.165) is 0 Å². The minimum atomic E-state index is -0.813. The van der Waals surface area contributed by atoms with Crippen LogP contribution >= 0.6 is 11.6 Å². The summed E-state index contributed by atoms with van der Waals surface area (Å²) in [6, 6.07) is 0. The fourth-order valence-electron chi connectivity index (χ4n) is 0.549. The lowest BCUT2D eigenvalue weighted by atomic mass is 10.2. The standard InChI is InChI=1S/C7H10ClNO4/c8-3-7(12)13-6(11)2-1-5(10)4-9/h1-4,9H2. The van der Waals surface area contributed by atoms with Crippen molar-refractivity contribution in [2.45, 2.75) is 12.8 Å². The van der Waals surface area contributed by atoms with E-state index in [1.54, 1.807) is 0 Å². The lowest BCUT2D eigenvalue weighted by molar-refractivity contribution is -0.158. The summed E-state index contributed by atoms with van der Waals surface area (Å²) in [4.78, 5) is 31.8. The van der Waals surface area contributed by atoms with E-state index in [1.165, 1.54) is 0 Å². The van der Waals surface area contributed by atoms with Crippen LogP contribution in [0.3, 0.4) is 0 Å². The molecule has 0 unspecified atom stereocenters. The quantitative estimate of drug-likeness (QED) is 0.377. The van der Waals surface area contributed by atoms with Gasteiger partial charge in [-0.25, -0.2) is 0 Å². The Kier molecular flexibility index (Phi) is 6.09. The zero-order valence-corrected chi connectivity index (χ0v) is 7.67. The van der Waals surface area contributed by atoms with Crippen LogP contribution in [0.1, 0.15) is 12.8 Å². The number of rotatable bonds is 5. The number of Topliss-reactive ketones (excluding diaryl/α,β-unsaturated/α-hetero) is 1. The summed E-state index contributed by atoms with van der Waals surface area (Å²) < 4.78 is 4.19. The van der Waals surface area contributed by atoms with Crippen LogP contribution in [0.4, 0.5) is 0 Å². The number of halogens is 1. The van der Waals surface area contributed by atoms with Gasteiger partial charge in [0.25, 0.3) is 0 Å². The van der Waals surface area contributed by atoms with E-state index >= 15 is 0 Å². The second kappa shape index (κ2) is 6.56. The van der Waals surface area contributed by atoms with Crippen molar-refractivity contribution in [3.63, 3.8) is 0 Å². The molecule has 0 aliphatic rings. The number of nitrogens with two attached hydrogens (primary N) is 1. The van der Waals surface area contributed by atoms with Crippen LogP contribution in [-0.2, 0) is 19.1 Å². The summed E-state index contributed by atoms with van der Waals surface area (Å²) in [6.45, 7) is -0.114. The molecular weight excluding hydrogens is 198 g/mol. The van der Waals surface area contributed by atoms with Gasteiger partial charge in [-0.05, 0) is 0 Å². The molecule has 0 saturated carbocycles. The normalized spacial score (nSPS) is 9.38. The van der Waals surface area contributed by atoms with Gasteiger partial charge in [0.1, 0.15) is 11.7 Å². The number of esters is 2. The van der Waals surface area contributed by atoms with Gasteiger partial charge in [-0.2, -0.15) is 0 Å². The molecule has 0 aromatic rings. The summed E-state index contributed by atoms with van der Waals surface area (Å²) >= 11 is 5.07. The fraction of sp³-hybridized carbons (Fsp3) is 0.571. The number of ether oxygens (including phenoxy) is 1. The third-order valence-corrected chi connectivity index (χ3v) is 1.39. The first kappa shape index (κ1) is 12.1. The lowest BCUT2D eigenvalue weighted by Gasteiger charge is -1.99. The Labute approximate surface area is 80.2 Å². The molecular formula is C7H10ClNO4. The first-order valence-corrected chi connectivity index (χ1v) is 4.14. The van der Waals surface area contributed by atoms with Crippen molar-refractivity contribution in [3.8, 4) is 0 Å². The maximum absolute atomic E-state index is 10.7. The summed E-state index contributed by atoms with van der Waals surface area (Å²) in [7, 11) is 0. The van der Waals surface area contributed by atoms with Gasteiger partial charge < -0.3 is 10.5 Å². The van der Waals surface area contributed by atoms with Crippen LogP contribution in [-0.4, -0.2) is 30.1 Å². The van der Waals surface area contributed by atoms with Gasteiger partial charge in [0.2, 0.25) is 0 Å². The van der Waals surface area contributed by atoms with Crippen molar-refractivity contribution in [2.24, 2.45) is 5.73 Å². The largest absolute Gasteiger partial charge is 0.392 e. The summed E-state index contributed by atoms with van der Waals surface area (Å²) in [5, 5.41) is 0. The Bertz CT molecular complexity index is 217. The summed E-state index contributed by atoms with van der Waals surface area (Å²) in [5.74, 6) is -2.20. The molecule has 0 aromatic heterocycles. The SMILES string of the molecule is NCC(=O)CCC(=O)OC(=O)CCl. The molecule has 0 aliphatic carbocycles. The summed E-state index contributed by atoms with van der Waals surface area (Å²) in [5.41, 5.74) is 5.00. The number of hydrogen-bond donors (Lipinski definition) is 1. The second-order valence-electron chi connectivity index (χ2n) is 2.22. The minimum Gasteiger partial charge on any atom is -0.392 e. The van der Waals surface area contributed by atoms with Crippen molar-refractivity contribution >= 4 is 29.3 Å². The van der Waals surface area contributed by atoms with Crippen molar-refractivity contribution in [1.82, 2.24) is 0 Å². The van der Waals surface area contributed by atoms with E-state index in [-0.39, 0.29) is 31.0 Å². The number of carbonyl (C=O) groups is 3. The van der Waals surface area contributed by atoms with Gasteiger partial charge in [0.15, 0.2) is 0 Å². The molecule has 0 amide bonds. The molecule has 0 radical (unpaired) electrons. The zero-order valence-electron chi connectivity index (χ0n) is 6.92. The van der Waals surface area contributed by atoms with Gasteiger partial charge in [-0.1, -0.05) is 0 Å². The van der Waals surface area contributed by atoms with E-state index in [9.17, 15) is 14.4 Å². The van der Waals surface area contributed by atoms with Crippen LogP contribution in [0.2, 0.25) is 0 Å². The Morgan fingerprint density at radius 2 is 1.77 bits per heavy atom. The van der Waals surface area contributed by atoms with Crippen molar-refractivity contribution < 1.29 is 19.1 Å². The number of carbonyl (C=O) groups excluding carboxylic acids is 3. The van der Waals surface area contributed by atoms with E-state index in [4.69, 9.17) is 17.3 Å². The number of hydrogen-bond acceptors (Lipinski definition) is 5. The van der Waals surface area contributed by atoms with E-state index < -0.39 is 11.9 Å². The van der Waals surface area contributed by atoms with Crippen molar-refractivity contribution in [1.29, 1.82) is 0 Å². The third-order valence-electron chi connectivity index (χ3n) is 1.17. The van der Waals surface area contributed by atoms with Gasteiger partial charge in [-0.3, -0.25) is 14.4 Å². The Hall–Kier alpha value is -0.940. The van der Waals surface area contributed by atoms with Crippen LogP contribution in [0, 0.1) is 0 Å². The molecule has 2 N–H and O–H groups in total. The molecule has 0 bridgehead atoms. The van der Waals surface area contributed by atoms with Gasteiger partial charge in [-0.15, -0.1) is 11.6 Å². The van der Waals surface area contributed by atoms with Crippen LogP contribution in [0.15, 0.2) is 0 Å². The van der Waals surface area contributed by atoms with E-state index in [0.29, 0.717) is 0 Å². The molecule has 13 heavy (non-hydrogen) atoms. The fourth-order valence-corrected chi connectivity index (χ4v) is 0.603. The molecule has 0 atom stereocenters. The van der Waals surface area contributed by atoms with Crippen molar-refractivity contribution in [3.05, 3.63) is 0 Å². The van der Waals surface area contributed by atoms with Gasteiger partial charge >= 0.3 is 11.9 Å². The second-order valence-corrected chi connectivity index (χ2v) is 2.49. The topological polar surface area (TPSA) is 86.5 Å². The van der Waals surface area contributed by atoms with Crippen molar-refractivity contribution in [2.75, 3.05) is 12.4 Å². The Morgan fingerprint density at radius 3 is 2.23 bits per heavy atom. The molecule has 0 heterocycles. The average molecular weight is 208 g/mol. The number of alkyl halides is 1. The molecule has 0 saturated heterocycles. The lowest BCUT2D eigenvalue weighted by Crippen LogP contribution is -2.17. The first-order valence-electron chi connectivity index (χ1n) is 3.61. The third kappa shape index (κ3) is 6.24. The van der Waals surface area contributed by atoms with Crippen LogP contribution in [0.25, 0.3) is 0 Å². The zero-order chi connectivity index (χ0) is 10.3. The summed E-state index contributed by atoms with van der Waals surface area (Å²) in [6.07, 6.45) is -0.149.